The van der Waals surface area contributed by atoms with E-state index < -0.39 is 0 Å². The number of carbonyl (C=O) groups excluding carboxylic acids is 1. The minimum Gasteiger partial charge on any atom is -0.270 e. The molecule has 4 heteroatoms. The first-order chi connectivity index (χ1) is 7.79. The lowest BCUT2D eigenvalue weighted by Crippen LogP contribution is -2.11. The number of hydrogen-bond donors (Lipinski definition) is 0. The van der Waals surface area contributed by atoms with Crippen LogP contribution >= 0.6 is 0 Å². The SMILES string of the molecule is Cn1nc(N=C=O)cc1CC1CCCCC1. The van der Waals surface area contributed by atoms with Crippen molar-refractivity contribution in [3.05, 3.63) is 11.8 Å². The van der Waals surface area contributed by atoms with Crippen molar-refractivity contribution in [3.63, 3.8) is 0 Å². The Bertz CT molecular complexity index is 398. The molecule has 4 nitrogen and oxygen atoms in total. The quantitative estimate of drug-likeness (QED) is 0.579. The van der Waals surface area contributed by atoms with Crippen LogP contribution in [0.3, 0.4) is 0 Å². The first-order valence-electron chi connectivity index (χ1n) is 5.90. The number of hydrogen-bond acceptors (Lipinski definition) is 3. The highest BCUT2D eigenvalue weighted by Crippen LogP contribution is 2.27. The van der Waals surface area contributed by atoms with E-state index in [1.165, 1.54) is 43.9 Å². The van der Waals surface area contributed by atoms with Crippen molar-refractivity contribution in [2.24, 2.45) is 18.0 Å². The van der Waals surface area contributed by atoms with Gasteiger partial charge in [-0.15, -0.1) is 4.99 Å². The lowest BCUT2D eigenvalue weighted by Gasteiger charge is -2.21. The van der Waals surface area contributed by atoms with Crippen LogP contribution in [0.5, 0.6) is 0 Å². The summed E-state index contributed by atoms with van der Waals surface area (Å²) in [6, 6.07) is 1.89. The van der Waals surface area contributed by atoms with Gasteiger partial charge in [0.05, 0.1) is 0 Å². The molecular formula is C12H17N3O. The van der Waals surface area contributed by atoms with Crippen LogP contribution in [0.25, 0.3) is 0 Å². The van der Waals surface area contributed by atoms with Gasteiger partial charge in [-0.1, -0.05) is 32.1 Å². The molecule has 1 aliphatic carbocycles. The highest BCUT2D eigenvalue weighted by molar-refractivity contribution is 5.44. The van der Waals surface area contributed by atoms with Crippen LogP contribution in [-0.4, -0.2) is 15.9 Å². The predicted molar refractivity (Wildman–Crippen MR) is 61.3 cm³/mol. The Hall–Kier alpha value is -1.41. The third-order valence-corrected chi connectivity index (χ3v) is 3.35. The van der Waals surface area contributed by atoms with Gasteiger partial charge in [-0.25, -0.2) is 4.79 Å². The highest BCUT2D eigenvalue weighted by Gasteiger charge is 2.16. The second kappa shape index (κ2) is 5.08. The van der Waals surface area contributed by atoms with Gasteiger partial charge in [0.25, 0.3) is 0 Å². The maximum absolute atomic E-state index is 10.1. The van der Waals surface area contributed by atoms with Gasteiger partial charge < -0.3 is 0 Å². The van der Waals surface area contributed by atoms with Gasteiger partial charge in [0.1, 0.15) is 0 Å². The Morgan fingerprint density at radius 2 is 2.25 bits per heavy atom. The second-order valence-corrected chi connectivity index (χ2v) is 4.53. The highest BCUT2D eigenvalue weighted by atomic mass is 16.1. The molecule has 0 aliphatic heterocycles. The van der Waals surface area contributed by atoms with Gasteiger partial charge in [-0.3, -0.25) is 4.68 Å². The van der Waals surface area contributed by atoms with E-state index in [1.54, 1.807) is 0 Å². The zero-order valence-electron chi connectivity index (χ0n) is 9.65. The summed E-state index contributed by atoms with van der Waals surface area (Å²) in [5, 5.41) is 4.15. The molecule has 0 amide bonds. The summed E-state index contributed by atoms with van der Waals surface area (Å²) >= 11 is 0. The number of rotatable bonds is 3. The molecule has 0 atom stereocenters. The summed E-state index contributed by atoms with van der Waals surface area (Å²) < 4.78 is 1.82. The Morgan fingerprint density at radius 1 is 1.50 bits per heavy atom. The fourth-order valence-corrected chi connectivity index (χ4v) is 2.47. The van der Waals surface area contributed by atoms with Gasteiger partial charge in [0.2, 0.25) is 6.08 Å². The van der Waals surface area contributed by atoms with Crippen molar-refractivity contribution in [1.29, 1.82) is 0 Å². The largest absolute Gasteiger partial charge is 0.270 e. The second-order valence-electron chi connectivity index (χ2n) is 4.53. The summed E-state index contributed by atoms with van der Waals surface area (Å²) in [6.07, 6.45) is 9.29. The van der Waals surface area contributed by atoms with Crippen LogP contribution in [0, 0.1) is 5.92 Å². The average molecular weight is 219 g/mol. The molecule has 16 heavy (non-hydrogen) atoms. The molecule has 0 N–H and O–H groups in total. The van der Waals surface area contributed by atoms with Crippen molar-refractivity contribution < 1.29 is 4.79 Å². The lowest BCUT2D eigenvalue weighted by molar-refractivity contribution is 0.350. The van der Waals surface area contributed by atoms with E-state index in [0.29, 0.717) is 5.82 Å². The zero-order chi connectivity index (χ0) is 11.4. The maximum Gasteiger partial charge on any atom is 0.242 e. The minimum atomic E-state index is 0.475. The summed E-state index contributed by atoms with van der Waals surface area (Å²) in [6.45, 7) is 0. The van der Waals surface area contributed by atoms with E-state index in [4.69, 9.17) is 0 Å². The first-order valence-corrected chi connectivity index (χ1v) is 5.90. The van der Waals surface area contributed by atoms with Gasteiger partial charge >= 0.3 is 0 Å². The summed E-state index contributed by atoms with van der Waals surface area (Å²) in [4.78, 5) is 13.7. The number of nitrogens with zero attached hydrogens (tertiary/aromatic N) is 3. The van der Waals surface area contributed by atoms with Crippen LogP contribution in [0.4, 0.5) is 5.82 Å². The maximum atomic E-state index is 10.1. The van der Waals surface area contributed by atoms with Crippen molar-refractivity contribution in [3.8, 4) is 0 Å². The number of aromatic nitrogens is 2. The predicted octanol–water partition coefficient (Wildman–Crippen LogP) is 2.51. The normalized spacial score (nSPS) is 17.1. The van der Waals surface area contributed by atoms with Crippen LogP contribution in [0.2, 0.25) is 0 Å². The molecule has 1 aromatic rings. The van der Waals surface area contributed by atoms with Crippen LogP contribution in [-0.2, 0) is 18.3 Å². The molecule has 0 radical (unpaired) electrons. The third kappa shape index (κ3) is 2.58. The van der Waals surface area contributed by atoms with E-state index >= 15 is 0 Å². The lowest BCUT2D eigenvalue weighted by atomic mass is 9.86. The van der Waals surface area contributed by atoms with E-state index in [0.717, 1.165) is 12.3 Å². The molecule has 0 spiro atoms. The molecule has 1 heterocycles. The van der Waals surface area contributed by atoms with E-state index in [9.17, 15) is 4.79 Å². The van der Waals surface area contributed by atoms with Crippen LogP contribution < -0.4 is 0 Å². The fraction of sp³-hybridized carbons (Fsp3) is 0.667. The van der Waals surface area contributed by atoms with Crippen molar-refractivity contribution in [2.45, 2.75) is 38.5 Å². The van der Waals surface area contributed by atoms with Gasteiger partial charge in [0, 0.05) is 18.8 Å². The molecule has 86 valence electrons. The average Bonchev–Trinajstić information content (AvgIpc) is 2.61. The summed E-state index contributed by atoms with van der Waals surface area (Å²) in [5.74, 6) is 1.25. The summed E-state index contributed by atoms with van der Waals surface area (Å²) in [5.41, 5.74) is 1.17. The van der Waals surface area contributed by atoms with Gasteiger partial charge in [-0.2, -0.15) is 5.10 Å². The Morgan fingerprint density at radius 3 is 2.94 bits per heavy atom. The zero-order valence-corrected chi connectivity index (χ0v) is 9.65. The number of aliphatic imine (C=N–C) groups is 1. The van der Waals surface area contributed by atoms with Crippen molar-refractivity contribution >= 4 is 11.9 Å². The standard InChI is InChI=1S/C12H17N3O/c1-15-11(8-12(14-15)13-9-16)7-10-5-3-2-4-6-10/h8,10H,2-7H2,1H3. The molecule has 1 aliphatic rings. The molecule has 0 bridgehead atoms. The molecule has 2 rings (SSSR count). The molecule has 0 unspecified atom stereocenters. The Kier molecular flexibility index (Phi) is 3.52. The van der Waals surface area contributed by atoms with E-state index in [1.807, 2.05) is 17.8 Å². The molecular weight excluding hydrogens is 202 g/mol. The van der Waals surface area contributed by atoms with Crippen LogP contribution in [0.1, 0.15) is 37.8 Å². The van der Waals surface area contributed by atoms with Crippen molar-refractivity contribution in [1.82, 2.24) is 9.78 Å². The smallest absolute Gasteiger partial charge is 0.242 e. The monoisotopic (exact) mass is 219 g/mol. The molecule has 1 fully saturated rings. The van der Waals surface area contributed by atoms with Crippen molar-refractivity contribution in [2.75, 3.05) is 0 Å². The van der Waals surface area contributed by atoms with E-state index in [-0.39, 0.29) is 0 Å². The first kappa shape index (κ1) is 11.1. The fourth-order valence-electron chi connectivity index (χ4n) is 2.47. The summed E-state index contributed by atoms with van der Waals surface area (Å²) in [7, 11) is 1.90. The van der Waals surface area contributed by atoms with Gasteiger partial charge in [0.15, 0.2) is 5.82 Å². The molecule has 0 saturated heterocycles. The number of isocyanates is 1. The Labute approximate surface area is 95.4 Å². The number of aryl methyl sites for hydroxylation is 1. The molecule has 1 aromatic heterocycles. The topological polar surface area (TPSA) is 47.2 Å². The van der Waals surface area contributed by atoms with Crippen LogP contribution in [0.15, 0.2) is 11.1 Å². The molecule has 0 aromatic carbocycles. The van der Waals surface area contributed by atoms with Gasteiger partial charge in [-0.05, 0) is 12.3 Å². The molecule has 1 saturated carbocycles. The Balaban J connectivity index is 2.05. The minimum absolute atomic E-state index is 0.475. The third-order valence-electron chi connectivity index (χ3n) is 3.35. The van der Waals surface area contributed by atoms with E-state index in [2.05, 4.69) is 10.1 Å².